The molecule has 78 valence electrons. The molecule has 0 radical (unpaired) electrons. The summed E-state index contributed by atoms with van der Waals surface area (Å²) in [4.78, 5) is 4.53. The minimum atomic E-state index is 0.583. The number of rotatable bonds is 4. The van der Waals surface area contributed by atoms with Gasteiger partial charge in [-0.1, -0.05) is 42.5 Å². The third kappa shape index (κ3) is 3.23. The van der Waals surface area contributed by atoms with Crippen molar-refractivity contribution in [1.29, 1.82) is 0 Å². The molecule has 1 aromatic heterocycles. The van der Waals surface area contributed by atoms with Gasteiger partial charge in [-0.05, 0) is 41.2 Å². The predicted octanol–water partition coefficient (Wildman–Crippen LogP) is 3.88. The van der Waals surface area contributed by atoms with Crippen LogP contribution in [-0.2, 0) is 6.42 Å². The van der Waals surface area contributed by atoms with Crippen LogP contribution in [0.3, 0.4) is 0 Å². The zero-order valence-electron chi connectivity index (χ0n) is 9.18. The molecule has 1 rings (SSSR count). The van der Waals surface area contributed by atoms with Crippen LogP contribution in [0.1, 0.15) is 43.0 Å². The lowest BCUT2D eigenvalue weighted by atomic mass is 10.0. The molecule has 0 aliphatic rings. The van der Waals surface area contributed by atoms with E-state index in [4.69, 9.17) is 0 Å². The van der Waals surface area contributed by atoms with E-state index in [1.54, 1.807) is 0 Å². The van der Waals surface area contributed by atoms with Gasteiger partial charge in [-0.25, -0.2) is 0 Å². The Morgan fingerprint density at radius 2 is 2.14 bits per heavy atom. The van der Waals surface area contributed by atoms with Crippen LogP contribution in [0.4, 0.5) is 0 Å². The second-order valence-corrected chi connectivity index (χ2v) is 5.06. The molecule has 2 heteroatoms. The largest absolute Gasteiger partial charge is 0.261 e. The molecule has 1 heterocycles. The smallest absolute Gasteiger partial charge is 0.0433 e. The fourth-order valence-electron chi connectivity index (χ4n) is 1.44. The predicted molar refractivity (Wildman–Crippen MR) is 70.3 cm³/mol. The van der Waals surface area contributed by atoms with Gasteiger partial charge in [-0.3, -0.25) is 4.98 Å². The molecule has 0 bridgehead atoms. The number of pyridine rings is 1. The zero-order valence-corrected chi connectivity index (χ0v) is 11.3. The van der Waals surface area contributed by atoms with E-state index >= 15 is 0 Å². The van der Waals surface area contributed by atoms with Gasteiger partial charge in [0.15, 0.2) is 0 Å². The first kappa shape index (κ1) is 12.0. The van der Waals surface area contributed by atoms with Crippen molar-refractivity contribution < 1.29 is 0 Å². The molecule has 0 N–H and O–H groups in total. The van der Waals surface area contributed by atoms with Crippen molar-refractivity contribution in [2.45, 2.75) is 39.5 Å². The van der Waals surface area contributed by atoms with Gasteiger partial charge in [0.2, 0.25) is 0 Å². The summed E-state index contributed by atoms with van der Waals surface area (Å²) in [6.45, 7) is 6.59. The van der Waals surface area contributed by atoms with E-state index in [9.17, 15) is 0 Å². The van der Waals surface area contributed by atoms with Crippen molar-refractivity contribution in [1.82, 2.24) is 4.98 Å². The number of nitrogens with zero attached hydrogens (tertiary/aromatic N) is 1. The molecule has 14 heavy (non-hydrogen) atoms. The van der Waals surface area contributed by atoms with E-state index < -0.39 is 0 Å². The summed E-state index contributed by atoms with van der Waals surface area (Å²) in [6.07, 6.45) is 4.38. The van der Waals surface area contributed by atoms with Crippen molar-refractivity contribution in [3.63, 3.8) is 0 Å². The molecule has 0 spiro atoms. The highest BCUT2D eigenvalue weighted by molar-refractivity contribution is 14.1. The topological polar surface area (TPSA) is 12.9 Å². The van der Waals surface area contributed by atoms with Gasteiger partial charge in [-0.15, -0.1) is 0 Å². The van der Waals surface area contributed by atoms with E-state index in [1.807, 2.05) is 6.20 Å². The highest BCUT2D eigenvalue weighted by Crippen LogP contribution is 2.17. The average molecular weight is 303 g/mol. The van der Waals surface area contributed by atoms with Gasteiger partial charge in [-0.2, -0.15) is 0 Å². The summed E-state index contributed by atoms with van der Waals surface area (Å²) in [5, 5.41) is 0. The summed E-state index contributed by atoms with van der Waals surface area (Å²) in [6, 6.07) is 2.28. The maximum absolute atomic E-state index is 4.53. The van der Waals surface area contributed by atoms with Crippen LogP contribution in [0.5, 0.6) is 0 Å². The lowest BCUT2D eigenvalue weighted by molar-refractivity contribution is 0.832. The SMILES string of the molecule is Cc1cc(C(C)C)cnc1CCCI. The normalized spacial score (nSPS) is 10.9. The van der Waals surface area contributed by atoms with Gasteiger partial charge >= 0.3 is 0 Å². The minimum absolute atomic E-state index is 0.583. The Morgan fingerprint density at radius 1 is 1.43 bits per heavy atom. The van der Waals surface area contributed by atoms with Gasteiger partial charge < -0.3 is 0 Å². The van der Waals surface area contributed by atoms with Gasteiger partial charge in [0.1, 0.15) is 0 Å². The van der Waals surface area contributed by atoms with Crippen LogP contribution in [0.25, 0.3) is 0 Å². The highest BCUT2D eigenvalue weighted by Gasteiger charge is 2.04. The Kier molecular flexibility index (Phi) is 4.85. The van der Waals surface area contributed by atoms with Crippen molar-refractivity contribution in [3.8, 4) is 0 Å². The molecule has 0 aromatic carbocycles. The number of aryl methyl sites for hydroxylation is 2. The molecule has 0 saturated heterocycles. The molecule has 0 aliphatic carbocycles. The minimum Gasteiger partial charge on any atom is -0.261 e. The number of hydrogen-bond acceptors (Lipinski definition) is 1. The number of halogens is 1. The first-order chi connectivity index (χ1) is 6.65. The van der Waals surface area contributed by atoms with E-state index in [2.05, 4.69) is 54.4 Å². The first-order valence-electron chi connectivity index (χ1n) is 5.16. The monoisotopic (exact) mass is 303 g/mol. The van der Waals surface area contributed by atoms with E-state index in [-0.39, 0.29) is 0 Å². The summed E-state index contributed by atoms with van der Waals surface area (Å²) in [5.74, 6) is 0.583. The molecule has 0 fully saturated rings. The maximum atomic E-state index is 4.53. The van der Waals surface area contributed by atoms with Gasteiger partial charge in [0.25, 0.3) is 0 Å². The van der Waals surface area contributed by atoms with Crippen molar-refractivity contribution >= 4 is 22.6 Å². The van der Waals surface area contributed by atoms with Crippen LogP contribution in [0.2, 0.25) is 0 Å². The van der Waals surface area contributed by atoms with Crippen molar-refractivity contribution in [2.24, 2.45) is 0 Å². The van der Waals surface area contributed by atoms with Crippen LogP contribution in [-0.4, -0.2) is 9.41 Å². The van der Waals surface area contributed by atoms with Crippen LogP contribution in [0.15, 0.2) is 12.3 Å². The lowest BCUT2D eigenvalue weighted by Gasteiger charge is -2.09. The summed E-state index contributed by atoms with van der Waals surface area (Å²) in [7, 11) is 0. The Hall–Kier alpha value is -0.120. The van der Waals surface area contributed by atoms with Crippen LogP contribution >= 0.6 is 22.6 Å². The maximum Gasteiger partial charge on any atom is 0.0433 e. The second-order valence-electron chi connectivity index (χ2n) is 3.98. The standard InChI is InChI=1S/C12H18IN/c1-9(2)11-7-10(3)12(14-8-11)5-4-6-13/h7-9H,4-6H2,1-3H3. The molecule has 0 aliphatic heterocycles. The second kappa shape index (κ2) is 5.69. The third-order valence-corrected chi connectivity index (χ3v) is 3.18. The highest BCUT2D eigenvalue weighted by atomic mass is 127. The summed E-state index contributed by atoms with van der Waals surface area (Å²) >= 11 is 2.42. The fraction of sp³-hybridized carbons (Fsp3) is 0.583. The van der Waals surface area contributed by atoms with Gasteiger partial charge in [0, 0.05) is 11.9 Å². The molecular formula is C12H18IN. The van der Waals surface area contributed by atoms with Gasteiger partial charge in [0.05, 0.1) is 0 Å². The third-order valence-electron chi connectivity index (χ3n) is 2.42. The summed E-state index contributed by atoms with van der Waals surface area (Å²) < 4.78 is 1.21. The Balaban J connectivity index is 2.79. The molecule has 1 nitrogen and oxygen atoms in total. The zero-order chi connectivity index (χ0) is 10.6. The Labute approximate surface area is 100 Å². The average Bonchev–Trinajstić information content (AvgIpc) is 2.15. The molecule has 0 saturated carbocycles. The van der Waals surface area contributed by atoms with E-state index in [1.165, 1.54) is 27.7 Å². The Bertz CT molecular complexity index is 294. The molecule has 1 aromatic rings. The van der Waals surface area contributed by atoms with Crippen molar-refractivity contribution in [2.75, 3.05) is 4.43 Å². The lowest BCUT2D eigenvalue weighted by Crippen LogP contribution is -1.98. The molecular weight excluding hydrogens is 285 g/mol. The first-order valence-corrected chi connectivity index (χ1v) is 6.69. The molecule has 0 amide bonds. The van der Waals surface area contributed by atoms with E-state index in [0.29, 0.717) is 5.92 Å². The van der Waals surface area contributed by atoms with E-state index in [0.717, 1.165) is 6.42 Å². The number of hydrogen-bond donors (Lipinski definition) is 0. The number of aromatic nitrogens is 1. The van der Waals surface area contributed by atoms with Crippen LogP contribution < -0.4 is 0 Å². The number of alkyl halides is 1. The molecule has 0 unspecified atom stereocenters. The quantitative estimate of drug-likeness (QED) is 0.607. The fourth-order valence-corrected chi connectivity index (χ4v) is 1.82. The van der Waals surface area contributed by atoms with Crippen LogP contribution in [0, 0.1) is 6.92 Å². The molecule has 0 atom stereocenters. The summed E-state index contributed by atoms with van der Waals surface area (Å²) in [5.41, 5.74) is 3.97. The Morgan fingerprint density at radius 3 is 2.64 bits per heavy atom. The van der Waals surface area contributed by atoms with Crippen molar-refractivity contribution in [3.05, 3.63) is 29.1 Å².